The summed E-state index contributed by atoms with van der Waals surface area (Å²) in [6, 6.07) is 9.09. The molecule has 0 spiro atoms. The van der Waals surface area contributed by atoms with E-state index < -0.39 is 18.6 Å². The molecule has 0 saturated carbocycles. The zero-order chi connectivity index (χ0) is 23.6. The number of hydrogen-bond donors (Lipinski definition) is 1. The minimum atomic E-state index is -4.36. The van der Waals surface area contributed by atoms with Crippen molar-refractivity contribution in [1.82, 2.24) is 15.0 Å². The van der Waals surface area contributed by atoms with Crippen LogP contribution >= 0.6 is 0 Å². The van der Waals surface area contributed by atoms with E-state index in [2.05, 4.69) is 16.2 Å². The Morgan fingerprint density at radius 1 is 1.18 bits per heavy atom. The van der Waals surface area contributed by atoms with Gasteiger partial charge in [-0.3, -0.25) is 5.01 Å². The van der Waals surface area contributed by atoms with Gasteiger partial charge in [0.2, 0.25) is 11.8 Å². The quantitative estimate of drug-likeness (QED) is 0.733. The molecule has 2 N–H and O–H groups in total. The topological polar surface area (TPSA) is 104 Å². The Morgan fingerprint density at radius 2 is 1.88 bits per heavy atom. The molecule has 4 rings (SSSR count). The van der Waals surface area contributed by atoms with Crippen LogP contribution in [0.3, 0.4) is 0 Å². The number of hydrogen-bond acceptors (Lipinski definition) is 8. The third-order valence-corrected chi connectivity index (χ3v) is 5.75. The van der Waals surface area contributed by atoms with Crippen LogP contribution in [-0.2, 0) is 0 Å². The number of aromatic nitrogens is 2. The molecule has 0 radical (unpaired) electrons. The molecule has 8 nitrogen and oxygen atoms in total. The number of nitrogens with two attached hydrogens (primary N) is 1. The van der Waals surface area contributed by atoms with Crippen molar-refractivity contribution in [2.24, 2.45) is 10.8 Å². The van der Waals surface area contributed by atoms with Gasteiger partial charge < -0.3 is 15.4 Å². The highest BCUT2D eigenvalue weighted by Gasteiger charge is 2.35. The van der Waals surface area contributed by atoms with Gasteiger partial charge in [0, 0.05) is 43.4 Å². The zero-order valence-electron chi connectivity index (χ0n) is 18.1. The van der Waals surface area contributed by atoms with E-state index in [0.29, 0.717) is 47.3 Å². The summed E-state index contributed by atoms with van der Waals surface area (Å²) in [5, 5.41) is 14.1. The first-order valence-electron chi connectivity index (χ1n) is 10.6. The molecule has 2 aromatic rings. The highest BCUT2D eigenvalue weighted by molar-refractivity contribution is 5.78. The second kappa shape index (κ2) is 9.23. The van der Waals surface area contributed by atoms with Crippen LogP contribution in [0.15, 0.2) is 29.4 Å². The van der Waals surface area contributed by atoms with E-state index in [4.69, 9.17) is 20.7 Å². The first-order valence-corrected chi connectivity index (χ1v) is 10.6. The number of hydrazone groups is 1. The van der Waals surface area contributed by atoms with E-state index >= 15 is 0 Å². The molecule has 1 unspecified atom stereocenters. The Morgan fingerprint density at radius 3 is 2.48 bits per heavy atom. The molecule has 1 atom stereocenters. The van der Waals surface area contributed by atoms with E-state index in [1.165, 1.54) is 13.3 Å². The molecule has 2 aliphatic heterocycles. The Hall–Kier alpha value is -3.39. The number of nitriles is 1. The first kappa shape index (κ1) is 22.8. The summed E-state index contributed by atoms with van der Waals surface area (Å²) in [6.45, 7) is 0.281. The fourth-order valence-electron chi connectivity index (χ4n) is 4.07. The van der Waals surface area contributed by atoms with Gasteiger partial charge in [-0.05, 0) is 25.0 Å². The Bertz CT molecular complexity index is 1060. The minimum Gasteiger partial charge on any atom is -0.481 e. The van der Waals surface area contributed by atoms with E-state index in [1.54, 1.807) is 24.3 Å². The second-order valence-electron chi connectivity index (χ2n) is 8.14. The number of piperidine rings is 1. The predicted molar refractivity (Wildman–Crippen MR) is 117 cm³/mol. The lowest BCUT2D eigenvalue weighted by Gasteiger charge is -2.31. The largest absolute Gasteiger partial charge is 0.481 e. The van der Waals surface area contributed by atoms with Gasteiger partial charge in [0.15, 0.2) is 0 Å². The highest BCUT2D eigenvalue weighted by Crippen LogP contribution is 2.38. The van der Waals surface area contributed by atoms with Crippen LogP contribution in [-0.4, -0.2) is 66.7 Å². The Balaban J connectivity index is 1.76. The summed E-state index contributed by atoms with van der Waals surface area (Å²) in [7, 11) is 1.48. The smallest absolute Gasteiger partial charge is 0.407 e. The van der Waals surface area contributed by atoms with Crippen molar-refractivity contribution < 1.29 is 17.9 Å². The van der Waals surface area contributed by atoms with Gasteiger partial charge in [-0.1, -0.05) is 12.1 Å². The SMILES string of the molecule is COc1nc(N2CCC(N)CC2)nc(-c2ccc(C#N)cc2)c1C1C=NN(CC(F)(F)F)C1. The Labute approximate surface area is 189 Å². The maximum absolute atomic E-state index is 12.9. The molecule has 0 aliphatic carbocycles. The number of anilines is 1. The van der Waals surface area contributed by atoms with E-state index in [9.17, 15) is 13.2 Å². The molecule has 11 heteroatoms. The summed E-state index contributed by atoms with van der Waals surface area (Å²) in [6.07, 6.45) is -1.27. The van der Waals surface area contributed by atoms with Crippen LogP contribution in [0.4, 0.5) is 19.1 Å². The fraction of sp³-hybridized carbons (Fsp3) is 0.455. The van der Waals surface area contributed by atoms with Gasteiger partial charge in [-0.15, -0.1) is 0 Å². The molecule has 1 fully saturated rings. The zero-order valence-corrected chi connectivity index (χ0v) is 18.1. The number of nitrogens with zero attached hydrogens (tertiary/aromatic N) is 6. The molecule has 0 amide bonds. The number of methoxy groups -OCH3 is 1. The van der Waals surface area contributed by atoms with Crippen molar-refractivity contribution in [1.29, 1.82) is 5.26 Å². The van der Waals surface area contributed by atoms with E-state index in [0.717, 1.165) is 17.9 Å². The molecule has 2 aliphatic rings. The molecule has 3 heterocycles. The summed E-state index contributed by atoms with van der Waals surface area (Å²) >= 11 is 0. The monoisotopic (exact) mass is 459 g/mol. The number of ether oxygens (including phenoxy) is 1. The van der Waals surface area contributed by atoms with Crippen LogP contribution < -0.4 is 15.4 Å². The van der Waals surface area contributed by atoms with Crippen molar-refractivity contribution in [3.63, 3.8) is 0 Å². The number of benzene rings is 1. The normalized spacial score (nSPS) is 19.1. The Kier molecular flexibility index (Phi) is 6.37. The lowest BCUT2D eigenvalue weighted by Crippen LogP contribution is -2.40. The van der Waals surface area contributed by atoms with Gasteiger partial charge in [0.25, 0.3) is 0 Å². The molecule has 0 bridgehead atoms. The van der Waals surface area contributed by atoms with Gasteiger partial charge in [-0.2, -0.15) is 28.5 Å². The van der Waals surface area contributed by atoms with E-state index in [-0.39, 0.29) is 12.6 Å². The van der Waals surface area contributed by atoms with Crippen LogP contribution in [0, 0.1) is 11.3 Å². The summed E-state index contributed by atoms with van der Waals surface area (Å²) in [4.78, 5) is 11.4. The second-order valence-corrected chi connectivity index (χ2v) is 8.14. The molecular weight excluding hydrogens is 435 g/mol. The lowest BCUT2D eigenvalue weighted by molar-refractivity contribution is -0.144. The molecule has 1 saturated heterocycles. The maximum atomic E-state index is 12.9. The van der Waals surface area contributed by atoms with Crippen molar-refractivity contribution >= 4 is 12.2 Å². The molecule has 1 aromatic carbocycles. The van der Waals surface area contributed by atoms with Gasteiger partial charge in [-0.25, -0.2) is 4.98 Å². The van der Waals surface area contributed by atoms with Gasteiger partial charge >= 0.3 is 6.18 Å². The van der Waals surface area contributed by atoms with Gasteiger partial charge in [0.1, 0.15) is 6.54 Å². The van der Waals surface area contributed by atoms with Crippen molar-refractivity contribution in [3.05, 3.63) is 35.4 Å². The highest BCUT2D eigenvalue weighted by atomic mass is 19.4. The standard InChI is InChI=1S/C22H24F3N7O/c1-33-20-18(16-11-28-32(12-16)13-22(23,24)25)19(15-4-2-14(10-26)3-5-15)29-21(30-20)31-8-6-17(27)7-9-31/h2-5,11,16-17H,6-9,12-13,27H2,1H3. The average Bonchev–Trinajstić information content (AvgIpc) is 3.25. The summed E-state index contributed by atoms with van der Waals surface area (Å²) in [5.41, 5.74) is 8.33. The molecule has 1 aromatic heterocycles. The third-order valence-electron chi connectivity index (χ3n) is 5.75. The van der Waals surface area contributed by atoms with Crippen LogP contribution in [0.5, 0.6) is 5.88 Å². The molecular formula is C22H24F3N7O. The number of rotatable bonds is 5. The molecule has 174 valence electrons. The average molecular weight is 459 g/mol. The van der Waals surface area contributed by atoms with E-state index in [1.807, 2.05) is 4.90 Å². The van der Waals surface area contributed by atoms with Crippen molar-refractivity contribution in [3.8, 4) is 23.2 Å². The minimum absolute atomic E-state index is 0.0282. The van der Waals surface area contributed by atoms with Crippen LogP contribution in [0.1, 0.15) is 29.9 Å². The number of alkyl halides is 3. The van der Waals surface area contributed by atoms with Crippen LogP contribution in [0.25, 0.3) is 11.3 Å². The summed E-state index contributed by atoms with van der Waals surface area (Å²) < 4.78 is 44.2. The van der Waals surface area contributed by atoms with Crippen molar-refractivity contribution in [2.45, 2.75) is 31.0 Å². The predicted octanol–water partition coefficient (Wildman–Crippen LogP) is 2.90. The first-order chi connectivity index (χ1) is 15.8. The fourth-order valence-corrected chi connectivity index (χ4v) is 4.07. The van der Waals surface area contributed by atoms with Crippen molar-refractivity contribution in [2.75, 3.05) is 38.2 Å². The van der Waals surface area contributed by atoms with Crippen LogP contribution in [0.2, 0.25) is 0 Å². The molecule has 33 heavy (non-hydrogen) atoms. The maximum Gasteiger partial charge on any atom is 0.407 e. The summed E-state index contributed by atoms with van der Waals surface area (Å²) in [5.74, 6) is 0.278. The number of halogens is 3. The van der Waals surface area contributed by atoms with Gasteiger partial charge in [0.05, 0.1) is 30.0 Å². The third kappa shape index (κ3) is 5.17. The lowest BCUT2D eigenvalue weighted by atomic mass is 9.95.